The number of hydrogen-bond acceptors (Lipinski definition) is 4. The van der Waals surface area contributed by atoms with E-state index in [4.69, 9.17) is 0 Å². The molecule has 0 fully saturated rings. The second-order valence-corrected chi connectivity index (χ2v) is 8.53. The van der Waals surface area contributed by atoms with Gasteiger partial charge in [0.05, 0.1) is 18.8 Å². The van der Waals surface area contributed by atoms with Gasteiger partial charge in [0.25, 0.3) is 0 Å². The normalized spacial score (nSPS) is 14.9. The number of aliphatic hydroxyl groups excluding tert-OH is 3. The second-order valence-electron chi connectivity index (χ2n) is 8.53. The van der Waals surface area contributed by atoms with E-state index in [0.29, 0.717) is 12.8 Å². The Bertz CT molecular complexity index is 464. The number of carbonyl (C=O) groups excluding carboxylic acids is 1. The molecule has 0 saturated heterocycles. The Morgan fingerprint density at radius 1 is 0.774 bits per heavy atom. The van der Waals surface area contributed by atoms with Crippen molar-refractivity contribution in [2.45, 2.75) is 128 Å². The van der Waals surface area contributed by atoms with E-state index < -0.39 is 18.2 Å². The van der Waals surface area contributed by atoms with Gasteiger partial charge in [-0.15, -0.1) is 0 Å². The Morgan fingerprint density at radius 3 is 1.87 bits per heavy atom. The lowest BCUT2D eigenvalue weighted by molar-refractivity contribution is -0.124. The molecule has 5 nitrogen and oxygen atoms in total. The van der Waals surface area contributed by atoms with Crippen molar-refractivity contribution in [3.8, 4) is 0 Å². The molecule has 3 unspecified atom stereocenters. The summed E-state index contributed by atoms with van der Waals surface area (Å²) >= 11 is 0. The molecular formula is C26H49NO4. The lowest BCUT2D eigenvalue weighted by Crippen LogP contribution is -2.50. The van der Waals surface area contributed by atoms with Crippen molar-refractivity contribution in [3.05, 3.63) is 24.3 Å². The predicted molar refractivity (Wildman–Crippen MR) is 130 cm³/mol. The summed E-state index contributed by atoms with van der Waals surface area (Å²) in [5.41, 5.74) is 0. The highest BCUT2D eigenvalue weighted by atomic mass is 16.3. The van der Waals surface area contributed by atoms with Gasteiger partial charge in [-0.1, -0.05) is 70.3 Å². The van der Waals surface area contributed by atoms with E-state index in [-0.39, 0.29) is 12.5 Å². The number of aliphatic hydroxyl groups is 3. The molecular weight excluding hydrogens is 390 g/mol. The molecule has 3 atom stereocenters. The minimum absolute atomic E-state index is 0.198. The molecule has 0 aromatic carbocycles. The third kappa shape index (κ3) is 18.1. The fourth-order valence-corrected chi connectivity index (χ4v) is 3.45. The van der Waals surface area contributed by atoms with Crippen LogP contribution in [0.5, 0.6) is 0 Å². The van der Waals surface area contributed by atoms with Crippen LogP contribution in [0.15, 0.2) is 24.3 Å². The van der Waals surface area contributed by atoms with Crippen LogP contribution in [-0.2, 0) is 4.79 Å². The van der Waals surface area contributed by atoms with Crippen molar-refractivity contribution < 1.29 is 20.1 Å². The van der Waals surface area contributed by atoms with Crippen molar-refractivity contribution in [1.82, 2.24) is 5.32 Å². The van der Waals surface area contributed by atoms with Crippen LogP contribution in [0.3, 0.4) is 0 Å². The summed E-state index contributed by atoms with van der Waals surface area (Å²) in [5.74, 6) is -0.198. The summed E-state index contributed by atoms with van der Waals surface area (Å²) in [5, 5.41) is 32.7. The van der Waals surface area contributed by atoms with E-state index in [9.17, 15) is 20.1 Å². The minimum Gasteiger partial charge on any atom is -0.394 e. The van der Waals surface area contributed by atoms with Crippen molar-refractivity contribution in [2.75, 3.05) is 6.61 Å². The summed E-state index contributed by atoms with van der Waals surface area (Å²) in [7, 11) is 0. The van der Waals surface area contributed by atoms with E-state index >= 15 is 0 Å². The molecule has 4 N–H and O–H groups in total. The SMILES string of the molecule is CCCCC/C=C/CCCC(O)C(O)C(CO)NC(=O)CCC/C=C\CCCCCC. The Labute approximate surface area is 191 Å². The number of carbonyl (C=O) groups is 1. The first-order chi connectivity index (χ1) is 15.1. The van der Waals surface area contributed by atoms with Gasteiger partial charge < -0.3 is 20.6 Å². The maximum absolute atomic E-state index is 12.1. The maximum atomic E-state index is 12.1. The third-order valence-corrected chi connectivity index (χ3v) is 5.53. The lowest BCUT2D eigenvalue weighted by Gasteiger charge is -2.26. The molecule has 0 aliphatic heterocycles. The van der Waals surface area contributed by atoms with E-state index in [1.54, 1.807) is 0 Å². The summed E-state index contributed by atoms with van der Waals surface area (Å²) < 4.78 is 0. The van der Waals surface area contributed by atoms with Gasteiger partial charge >= 0.3 is 0 Å². The standard InChI is InChI=1S/C26H49NO4/c1-3-5-7-9-11-13-15-17-19-21-25(30)27-23(22-28)26(31)24(29)20-18-16-14-12-10-8-6-4-2/h12-15,23-24,26,28-29,31H,3-11,16-22H2,1-2H3,(H,27,30)/b14-12+,15-13-. The predicted octanol–water partition coefficient (Wildman–Crippen LogP) is 5.19. The van der Waals surface area contributed by atoms with E-state index in [1.165, 1.54) is 44.9 Å². The number of rotatable bonds is 21. The zero-order valence-corrected chi connectivity index (χ0v) is 20.1. The molecule has 0 bridgehead atoms. The van der Waals surface area contributed by atoms with Crippen LogP contribution in [-0.4, -0.2) is 46.1 Å². The average molecular weight is 440 g/mol. The van der Waals surface area contributed by atoms with Crippen LogP contribution in [0, 0.1) is 0 Å². The van der Waals surface area contributed by atoms with Gasteiger partial charge in [0, 0.05) is 6.42 Å². The van der Waals surface area contributed by atoms with Gasteiger partial charge in [0.2, 0.25) is 5.91 Å². The molecule has 0 rings (SSSR count). The van der Waals surface area contributed by atoms with Crippen LogP contribution in [0.1, 0.15) is 110 Å². The van der Waals surface area contributed by atoms with Crippen LogP contribution in [0.2, 0.25) is 0 Å². The lowest BCUT2D eigenvalue weighted by atomic mass is 10.0. The highest BCUT2D eigenvalue weighted by Crippen LogP contribution is 2.11. The summed E-state index contributed by atoms with van der Waals surface area (Å²) in [6.07, 6.45) is 21.4. The first kappa shape index (κ1) is 29.8. The summed E-state index contributed by atoms with van der Waals surface area (Å²) in [6, 6.07) is -0.832. The zero-order valence-electron chi connectivity index (χ0n) is 20.1. The quantitative estimate of drug-likeness (QED) is 0.146. The first-order valence-electron chi connectivity index (χ1n) is 12.6. The Kier molecular flexibility index (Phi) is 21.2. The van der Waals surface area contributed by atoms with Gasteiger partial charge in [-0.2, -0.15) is 0 Å². The molecule has 0 saturated carbocycles. The van der Waals surface area contributed by atoms with Crippen molar-refractivity contribution in [1.29, 1.82) is 0 Å². The molecule has 0 aliphatic carbocycles. The zero-order chi connectivity index (χ0) is 23.2. The van der Waals surface area contributed by atoms with Gasteiger partial charge in [0.1, 0.15) is 6.10 Å². The van der Waals surface area contributed by atoms with E-state index in [0.717, 1.165) is 38.5 Å². The van der Waals surface area contributed by atoms with Gasteiger partial charge in [-0.25, -0.2) is 0 Å². The van der Waals surface area contributed by atoms with Crippen LogP contribution in [0.25, 0.3) is 0 Å². The molecule has 0 radical (unpaired) electrons. The average Bonchev–Trinajstić information content (AvgIpc) is 2.77. The Morgan fingerprint density at radius 2 is 1.29 bits per heavy atom. The molecule has 31 heavy (non-hydrogen) atoms. The smallest absolute Gasteiger partial charge is 0.220 e. The fraction of sp³-hybridized carbons (Fsp3) is 0.808. The minimum atomic E-state index is -1.16. The monoisotopic (exact) mass is 439 g/mol. The highest BCUT2D eigenvalue weighted by Gasteiger charge is 2.26. The molecule has 1 amide bonds. The second kappa shape index (κ2) is 22.0. The molecule has 0 heterocycles. The number of nitrogens with one attached hydrogen (secondary N) is 1. The molecule has 5 heteroatoms. The van der Waals surface area contributed by atoms with Crippen molar-refractivity contribution in [3.63, 3.8) is 0 Å². The van der Waals surface area contributed by atoms with Crippen LogP contribution >= 0.6 is 0 Å². The van der Waals surface area contributed by atoms with Crippen molar-refractivity contribution >= 4 is 5.91 Å². The number of unbranched alkanes of at least 4 members (excludes halogenated alkanes) is 9. The molecule has 0 aromatic rings. The largest absolute Gasteiger partial charge is 0.394 e. The van der Waals surface area contributed by atoms with Gasteiger partial charge in [-0.05, 0) is 57.8 Å². The van der Waals surface area contributed by atoms with Crippen LogP contribution in [0.4, 0.5) is 0 Å². The van der Waals surface area contributed by atoms with E-state index in [1.807, 2.05) is 0 Å². The number of amides is 1. The third-order valence-electron chi connectivity index (χ3n) is 5.53. The molecule has 0 aliphatic rings. The Hall–Kier alpha value is -1.17. The summed E-state index contributed by atoms with van der Waals surface area (Å²) in [6.45, 7) is 4.00. The van der Waals surface area contributed by atoms with Gasteiger partial charge in [-0.3, -0.25) is 4.79 Å². The topological polar surface area (TPSA) is 89.8 Å². The number of hydrogen-bond donors (Lipinski definition) is 4. The van der Waals surface area contributed by atoms with Crippen LogP contribution < -0.4 is 5.32 Å². The van der Waals surface area contributed by atoms with Gasteiger partial charge in [0.15, 0.2) is 0 Å². The fourth-order valence-electron chi connectivity index (χ4n) is 3.45. The van der Waals surface area contributed by atoms with Crippen molar-refractivity contribution in [2.24, 2.45) is 0 Å². The molecule has 0 aromatic heterocycles. The molecule has 182 valence electrons. The first-order valence-corrected chi connectivity index (χ1v) is 12.6. The highest BCUT2D eigenvalue weighted by molar-refractivity contribution is 5.76. The summed E-state index contributed by atoms with van der Waals surface area (Å²) in [4.78, 5) is 12.1. The molecule has 0 spiro atoms. The van der Waals surface area contributed by atoms with E-state index in [2.05, 4.69) is 43.5 Å². The maximum Gasteiger partial charge on any atom is 0.220 e. The Balaban J connectivity index is 3.98. The number of allylic oxidation sites excluding steroid dienone is 4.